The summed E-state index contributed by atoms with van der Waals surface area (Å²) in [5.41, 5.74) is 1.21. The van der Waals surface area contributed by atoms with E-state index in [1.54, 1.807) is 0 Å². The molecule has 2 heterocycles. The van der Waals surface area contributed by atoms with Gasteiger partial charge in [-0.15, -0.1) is 0 Å². The molecule has 0 bridgehead atoms. The zero-order valence-corrected chi connectivity index (χ0v) is 12.0. The standard InChI is InChI=1S/C16H21N3O/c1-13-7-5-6-10-19(13)12-16-17-15(18-20-16)11-14-8-3-2-4-9-14/h2-4,8-9,13H,5-7,10-12H2,1H3. The van der Waals surface area contributed by atoms with Gasteiger partial charge in [-0.05, 0) is 31.9 Å². The van der Waals surface area contributed by atoms with E-state index in [-0.39, 0.29) is 0 Å². The van der Waals surface area contributed by atoms with Crippen molar-refractivity contribution in [2.45, 2.75) is 45.2 Å². The van der Waals surface area contributed by atoms with Crippen molar-refractivity contribution >= 4 is 0 Å². The molecule has 1 aromatic carbocycles. The van der Waals surface area contributed by atoms with E-state index in [0.717, 1.165) is 31.2 Å². The summed E-state index contributed by atoms with van der Waals surface area (Å²) in [4.78, 5) is 6.95. The second-order valence-electron chi connectivity index (χ2n) is 5.58. The summed E-state index contributed by atoms with van der Waals surface area (Å²) < 4.78 is 5.39. The van der Waals surface area contributed by atoms with Crippen molar-refractivity contribution in [2.75, 3.05) is 6.54 Å². The minimum Gasteiger partial charge on any atom is -0.338 e. The third kappa shape index (κ3) is 3.25. The molecule has 20 heavy (non-hydrogen) atoms. The summed E-state index contributed by atoms with van der Waals surface area (Å²) in [6, 6.07) is 10.9. The fourth-order valence-electron chi connectivity index (χ4n) is 2.77. The molecule has 1 atom stereocenters. The monoisotopic (exact) mass is 271 g/mol. The Bertz CT molecular complexity index is 538. The molecular formula is C16H21N3O. The number of piperidine rings is 1. The molecule has 0 radical (unpaired) electrons. The summed E-state index contributed by atoms with van der Waals surface area (Å²) in [5.74, 6) is 1.51. The lowest BCUT2D eigenvalue weighted by atomic mass is 10.0. The van der Waals surface area contributed by atoms with E-state index in [1.165, 1.54) is 24.8 Å². The molecule has 4 nitrogen and oxygen atoms in total. The van der Waals surface area contributed by atoms with Crippen LogP contribution in [0.2, 0.25) is 0 Å². The molecule has 1 saturated heterocycles. The molecule has 2 aromatic rings. The van der Waals surface area contributed by atoms with Gasteiger partial charge >= 0.3 is 0 Å². The molecular weight excluding hydrogens is 250 g/mol. The Hall–Kier alpha value is -1.68. The molecule has 0 aliphatic carbocycles. The molecule has 0 spiro atoms. The van der Waals surface area contributed by atoms with Crippen LogP contribution in [0.15, 0.2) is 34.9 Å². The number of rotatable bonds is 4. The Kier molecular flexibility index (Phi) is 4.11. The maximum absolute atomic E-state index is 5.39. The quantitative estimate of drug-likeness (QED) is 0.857. The molecule has 1 aliphatic heterocycles. The molecule has 0 N–H and O–H groups in total. The third-order valence-electron chi connectivity index (χ3n) is 3.99. The summed E-state index contributed by atoms with van der Waals surface area (Å²) in [7, 11) is 0. The molecule has 1 aliphatic rings. The Labute approximate surface area is 119 Å². The molecule has 4 heteroatoms. The van der Waals surface area contributed by atoms with E-state index in [0.29, 0.717) is 6.04 Å². The van der Waals surface area contributed by atoms with E-state index in [9.17, 15) is 0 Å². The highest BCUT2D eigenvalue weighted by Gasteiger charge is 2.20. The molecule has 106 valence electrons. The predicted molar refractivity (Wildman–Crippen MR) is 77.3 cm³/mol. The second-order valence-corrected chi connectivity index (χ2v) is 5.58. The SMILES string of the molecule is CC1CCCCN1Cc1nc(Cc2ccccc2)no1. The second kappa shape index (κ2) is 6.18. The Morgan fingerprint density at radius 3 is 2.90 bits per heavy atom. The van der Waals surface area contributed by atoms with Gasteiger partial charge < -0.3 is 4.52 Å². The Morgan fingerprint density at radius 2 is 2.10 bits per heavy atom. The van der Waals surface area contributed by atoms with E-state index >= 15 is 0 Å². The fraction of sp³-hybridized carbons (Fsp3) is 0.500. The third-order valence-corrected chi connectivity index (χ3v) is 3.99. The first-order valence-electron chi connectivity index (χ1n) is 7.41. The van der Waals surface area contributed by atoms with Crippen LogP contribution in [0.3, 0.4) is 0 Å². The maximum atomic E-state index is 5.39. The molecule has 1 aromatic heterocycles. The van der Waals surface area contributed by atoms with Crippen molar-refractivity contribution in [3.05, 3.63) is 47.6 Å². The van der Waals surface area contributed by atoms with Gasteiger partial charge in [-0.2, -0.15) is 4.98 Å². The summed E-state index contributed by atoms with van der Waals surface area (Å²) in [5, 5.41) is 4.09. The fourth-order valence-corrected chi connectivity index (χ4v) is 2.77. The van der Waals surface area contributed by atoms with Gasteiger partial charge in [0.25, 0.3) is 0 Å². The van der Waals surface area contributed by atoms with Crippen molar-refractivity contribution in [2.24, 2.45) is 0 Å². The minimum atomic E-state index is 0.619. The molecule has 1 fully saturated rings. The number of likely N-dealkylation sites (tertiary alicyclic amines) is 1. The lowest BCUT2D eigenvalue weighted by Crippen LogP contribution is -2.36. The zero-order valence-electron chi connectivity index (χ0n) is 12.0. The van der Waals surface area contributed by atoms with Crippen LogP contribution in [0.1, 0.15) is 43.5 Å². The average Bonchev–Trinajstić information content (AvgIpc) is 2.90. The highest BCUT2D eigenvalue weighted by atomic mass is 16.5. The van der Waals surface area contributed by atoms with Crippen LogP contribution in [-0.2, 0) is 13.0 Å². The first-order chi connectivity index (χ1) is 9.81. The number of nitrogens with zero attached hydrogens (tertiary/aromatic N) is 3. The van der Waals surface area contributed by atoms with Gasteiger partial charge in [0.2, 0.25) is 5.89 Å². The van der Waals surface area contributed by atoms with Crippen molar-refractivity contribution in [3.63, 3.8) is 0 Å². The lowest BCUT2D eigenvalue weighted by molar-refractivity contribution is 0.135. The maximum Gasteiger partial charge on any atom is 0.240 e. The van der Waals surface area contributed by atoms with Crippen LogP contribution >= 0.6 is 0 Å². The van der Waals surface area contributed by atoms with Crippen LogP contribution in [-0.4, -0.2) is 27.6 Å². The Balaban J connectivity index is 1.62. The van der Waals surface area contributed by atoms with Crippen molar-refractivity contribution in [1.82, 2.24) is 15.0 Å². The van der Waals surface area contributed by atoms with Crippen LogP contribution in [0.5, 0.6) is 0 Å². The Morgan fingerprint density at radius 1 is 1.25 bits per heavy atom. The van der Waals surface area contributed by atoms with Crippen molar-refractivity contribution in [3.8, 4) is 0 Å². The van der Waals surface area contributed by atoms with E-state index < -0.39 is 0 Å². The highest BCUT2D eigenvalue weighted by molar-refractivity contribution is 5.18. The normalized spacial score (nSPS) is 20.1. The van der Waals surface area contributed by atoms with Gasteiger partial charge in [0.1, 0.15) is 0 Å². The minimum absolute atomic E-state index is 0.619. The smallest absolute Gasteiger partial charge is 0.240 e. The molecule has 3 rings (SSSR count). The number of aromatic nitrogens is 2. The molecule has 1 unspecified atom stereocenters. The van der Waals surface area contributed by atoms with Gasteiger partial charge in [0.05, 0.1) is 6.54 Å². The first kappa shape index (κ1) is 13.3. The van der Waals surface area contributed by atoms with E-state index in [1.807, 2.05) is 18.2 Å². The van der Waals surface area contributed by atoms with Gasteiger partial charge in [0.15, 0.2) is 5.82 Å². The average molecular weight is 271 g/mol. The largest absolute Gasteiger partial charge is 0.338 e. The topological polar surface area (TPSA) is 42.2 Å². The van der Waals surface area contributed by atoms with Gasteiger partial charge in [-0.1, -0.05) is 41.9 Å². The van der Waals surface area contributed by atoms with Crippen LogP contribution < -0.4 is 0 Å². The zero-order chi connectivity index (χ0) is 13.8. The predicted octanol–water partition coefficient (Wildman–Crippen LogP) is 3.03. The summed E-state index contributed by atoms with van der Waals surface area (Å²) in [6.07, 6.45) is 4.61. The van der Waals surface area contributed by atoms with Crippen molar-refractivity contribution < 1.29 is 4.52 Å². The van der Waals surface area contributed by atoms with Gasteiger partial charge in [-0.25, -0.2) is 0 Å². The lowest BCUT2D eigenvalue weighted by Gasteiger charge is -2.31. The van der Waals surface area contributed by atoms with E-state index in [4.69, 9.17) is 4.52 Å². The highest BCUT2D eigenvalue weighted by Crippen LogP contribution is 2.18. The molecule has 0 amide bonds. The number of hydrogen-bond acceptors (Lipinski definition) is 4. The summed E-state index contributed by atoms with van der Waals surface area (Å²) >= 11 is 0. The molecule has 0 saturated carbocycles. The van der Waals surface area contributed by atoms with E-state index in [2.05, 4.69) is 34.1 Å². The van der Waals surface area contributed by atoms with Crippen molar-refractivity contribution in [1.29, 1.82) is 0 Å². The van der Waals surface area contributed by atoms with Gasteiger partial charge in [-0.3, -0.25) is 4.90 Å². The van der Waals surface area contributed by atoms with Crippen LogP contribution in [0.4, 0.5) is 0 Å². The first-order valence-corrected chi connectivity index (χ1v) is 7.41. The summed E-state index contributed by atoms with van der Waals surface area (Å²) in [6.45, 7) is 4.20. The van der Waals surface area contributed by atoms with Crippen LogP contribution in [0.25, 0.3) is 0 Å². The van der Waals surface area contributed by atoms with Gasteiger partial charge in [0, 0.05) is 12.5 Å². The number of hydrogen-bond donors (Lipinski definition) is 0. The van der Waals surface area contributed by atoms with Crippen LogP contribution in [0, 0.1) is 0 Å². The number of benzene rings is 1.